The summed E-state index contributed by atoms with van der Waals surface area (Å²) >= 11 is 0. The Morgan fingerprint density at radius 2 is 1.88 bits per heavy atom. The van der Waals surface area contributed by atoms with E-state index in [4.69, 9.17) is 5.11 Å². The maximum absolute atomic E-state index is 11.0. The summed E-state index contributed by atoms with van der Waals surface area (Å²) in [4.78, 5) is 12.1. The van der Waals surface area contributed by atoms with Crippen molar-refractivity contribution in [2.24, 2.45) is 5.92 Å². The number of hydrogen-bond acceptors (Lipinski definition) is 2. The summed E-state index contributed by atoms with van der Waals surface area (Å²) in [6.45, 7) is 6.43. The second-order valence-electron chi connectivity index (χ2n) is 4.24. The van der Waals surface area contributed by atoms with Gasteiger partial charge in [-0.3, -0.25) is 4.90 Å². The molecule has 2 atom stereocenters. The molecule has 4 nitrogen and oxygen atoms in total. The van der Waals surface area contributed by atoms with Gasteiger partial charge in [-0.15, -0.1) is 0 Å². The third-order valence-corrected chi connectivity index (χ3v) is 2.97. The van der Waals surface area contributed by atoms with E-state index in [-0.39, 0.29) is 0 Å². The van der Waals surface area contributed by atoms with Gasteiger partial charge in [-0.25, -0.2) is 4.79 Å². The second-order valence-corrected chi connectivity index (χ2v) is 4.24. The molecule has 0 aliphatic rings. The molecule has 0 fully saturated rings. The number of nitrogens with zero attached hydrogens (tertiary/aromatic N) is 1. The van der Waals surface area contributed by atoms with Gasteiger partial charge in [0.25, 0.3) is 0 Å². The summed E-state index contributed by atoms with van der Waals surface area (Å²) in [5.74, 6) is 0.359. The van der Waals surface area contributed by atoms with Crippen LogP contribution in [0.3, 0.4) is 0 Å². The third-order valence-electron chi connectivity index (χ3n) is 2.97. The Morgan fingerprint density at radius 3 is 2.25 bits per heavy atom. The van der Waals surface area contributed by atoms with Gasteiger partial charge in [-0.1, -0.05) is 40.0 Å². The van der Waals surface area contributed by atoms with Gasteiger partial charge in [0.1, 0.15) is 6.23 Å². The summed E-state index contributed by atoms with van der Waals surface area (Å²) in [6, 6.07) is 0. The van der Waals surface area contributed by atoms with Gasteiger partial charge in [-0.2, -0.15) is 0 Å². The van der Waals surface area contributed by atoms with Gasteiger partial charge in [0.2, 0.25) is 0 Å². The topological polar surface area (TPSA) is 60.8 Å². The lowest BCUT2D eigenvalue weighted by Gasteiger charge is -2.28. The Bertz CT molecular complexity index is 197. The van der Waals surface area contributed by atoms with Crippen LogP contribution in [0.25, 0.3) is 0 Å². The van der Waals surface area contributed by atoms with Crippen molar-refractivity contribution < 1.29 is 15.0 Å². The van der Waals surface area contributed by atoms with Crippen molar-refractivity contribution in [3.8, 4) is 0 Å². The summed E-state index contributed by atoms with van der Waals surface area (Å²) in [6.07, 6.45) is 2.79. The van der Waals surface area contributed by atoms with Crippen LogP contribution in [-0.2, 0) is 0 Å². The normalized spacial score (nSPS) is 14.5. The van der Waals surface area contributed by atoms with Gasteiger partial charge in [0.05, 0.1) is 0 Å². The molecule has 0 aliphatic heterocycles. The molecule has 0 aliphatic carbocycles. The zero-order chi connectivity index (χ0) is 12.6. The standard InChI is InChI=1S/C12H25NO3/c1-4-7-8-10(5-2)9-13(12(15)16)11(14)6-3/h10-11,14H,4-9H2,1-3H3,(H,15,16). The lowest BCUT2D eigenvalue weighted by Crippen LogP contribution is -2.42. The second kappa shape index (κ2) is 8.39. The van der Waals surface area contributed by atoms with Crippen LogP contribution in [-0.4, -0.2) is 34.0 Å². The molecule has 96 valence electrons. The maximum Gasteiger partial charge on any atom is 0.409 e. The molecule has 2 unspecified atom stereocenters. The van der Waals surface area contributed by atoms with Gasteiger partial charge in [0.15, 0.2) is 0 Å². The number of amides is 1. The highest BCUT2D eigenvalue weighted by Crippen LogP contribution is 2.16. The van der Waals surface area contributed by atoms with Gasteiger partial charge >= 0.3 is 6.09 Å². The first-order chi connectivity index (χ1) is 7.56. The Kier molecular flexibility index (Phi) is 7.99. The average Bonchev–Trinajstić information content (AvgIpc) is 2.28. The van der Waals surface area contributed by atoms with Crippen molar-refractivity contribution >= 4 is 6.09 Å². The molecule has 1 amide bonds. The van der Waals surface area contributed by atoms with Crippen molar-refractivity contribution in [2.45, 2.75) is 59.1 Å². The molecule has 0 aromatic rings. The summed E-state index contributed by atoms with van der Waals surface area (Å²) in [5.41, 5.74) is 0. The molecular weight excluding hydrogens is 206 g/mol. The molecule has 0 radical (unpaired) electrons. The number of rotatable bonds is 8. The number of hydrogen-bond donors (Lipinski definition) is 2. The van der Waals surface area contributed by atoms with Crippen molar-refractivity contribution in [1.82, 2.24) is 4.90 Å². The van der Waals surface area contributed by atoms with E-state index in [0.717, 1.165) is 30.6 Å². The fourth-order valence-electron chi connectivity index (χ4n) is 1.74. The molecule has 0 spiro atoms. The first kappa shape index (κ1) is 15.2. The number of aliphatic hydroxyl groups is 1. The summed E-state index contributed by atoms with van der Waals surface area (Å²) < 4.78 is 0. The van der Waals surface area contributed by atoms with E-state index in [0.29, 0.717) is 18.9 Å². The molecule has 0 bridgehead atoms. The van der Waals surface area contributed by atoms with Gasteiger partial charge < -0.3 is 10.2 Å². The van der Waals surface area contributed by atoms with Crippen LogP contribution < -0.4 is 0 Å². The van der Waals surface area contributed by atoms with E-state index in [9.17, 15) is 9.90 Å². The fraction of sp³-hybridized carbons (Fsp3) is 0.917. The van der Waals surface area contributed by atoms with E-state index in [2.05, 4.69) is 13.8 Å². The van der Waals surface area contributed by atoms with E-state index in [1.807, 2.05) is 0 Å². The first-order valence-corrected chi connectivity index (χ1v) is 6.24. The maximum atomic E-state index is 11.0. The van der Waals surface area contributed by atoms with Crippen LogP contribution in [0.1, 0.15) is 52.9 Å². The summed E-state index contributed by atoms with van der Waals surface area (Å²) in [5, 5.41) is 18.6. The Labute approximate surface area is 98.3 Å². The molecule has 2 N–H and O–H groups in total. The molecule has 0 aromatic carbocycles. The van der Waals surface area contributed by atoms with Crippen LogP contribution >= 0.6 is 0 Å². The highest BCUT2D eigenvalue weighted by molar-refractivity contribution is 5.65. The van der Waals surface area contributed by atoms with Crippen LogP contribution in [0.4, 0.5) is 4.79 Å². The highest BCUT2D eigenvalue weighted by atomic mass is 16.4. The average molecular weight is 231 g/mol. The van der Waals surface area contributed by atoms with Gasteiger partial charge in [0, 0.05) is 6.54 Å². The number of unbranched alkanes of at least 4 members (excludes halogenated alkanes) is 1. The minimum Gasteiger partial charge on any atom is -0.465 e. The lowest BCUT2D eigenvalue weighted by atomic mass is 9.98. The van der Waals surface area contributed by atoms with E-state index < -0.39 is 12.3 Å². The largest absolute Gasteiger partial charge is 0.465 e. The third kappa shape index (κ3) is 5.35. The van der Waals surface area contributed by atoms with Crippen molar-refractivity contribution in [3.05, 3.63) is 0 Å². The predicted octanol–water partition coefficient (Wildman–Crippen LogP) is 2.91. The molecule has 0 heterocycles. The van der Waals surface area contributed by atoms with Crippen LogP contribution in [0.2, 0.25) is 0 Å². The smallest absolute Gasteiger partial charge is 0.409 e. The minimum atomic E-state index is -1.02. The van der Waals surface area contributed by atoms with Crippen molar-refractivity contribution in [2.75, 3.05) is 6.54 Å². The van der Waals surface area contributed by atoms with Crippen LogP contribution in [0.5, 0.6) is 0 Å². The Morgan fingerprint density at radius 1 is 1.25 bits per heavy atom. The molecule has 0 saturated heterocycles. The Balaban J connectivity index is 4.28. The van der Waals surface area contributed by atoms with Crippen LogP contribution in [0.15, 0.2) is 0 Å². The lowest BCUT2D eigenvalue weighted by molar-refractivity contribution is 0.000854. The summed E-state index contributed by atoms with van der Waals surface area (Å²) in [7, 11) is 0. The molecule has 0 saturated carbocycles. The van der Waals surface area contributed by atoms with E-state index >= 15 is 0 Å². The predicted molar refractivity (Wildman–Crippen MR) is 64.3 cm³/mol. The molecule has 0 aromatic heterocycles. The monoisotopic (exact) mass is 231 g/mol. The van der Waals surface area contributed by atoms with E-state index in [1.165, 1.54) is 0 Å². The van der Waals surface area contributed by atoms with Gasteiger partial charge in [-0.05, 0) is 18.8 Å². The molecule has 16 heavy (non-hydrogen) atoms. The van der Waals surface area contributed by atoms with E-state index in [1.54, 1.807) is 6.92 Å². The highest BCUT2D eigenvalue weighted by Gasteiger charge is 2.22. The fourth-order valence-corrected chi connectivity index (χ4v) is 1.74. The molecule has 4 heteroatoms. The van der Waals surface area contributed by atoms with Crippen molar-refractivity contribution in [3.63, 3.8) is 0 Å². The molecular formula is C12H25NO3. The SMILES string of the molecule is CCCCC(CC)CN(C(=O)O)C(O)CC. The number of carbonyl (C=O) groups is 1. The number of carboxylic acid groups (broad SMARTS) is 1. The zero-order valence-corrected chi connectivity index (χ0v) is 10.6. The van der Waals surface area contributed by atoms with Crippen LogP contribution in [0, 0.1) is 5.92 Å². The number of aliphatic hydroxyl groups excluding tert-OH is 1. The zero-order valence-electron chi connectivity index (χ0n) is 10.6. The Hall–Kier alpha value is -0.770. The first-order valence-electron chi connectivity index (χ1n) is 6.24. The molecule has 0 rings (SSSR count). The quantitative estimate of drug-likeness (QED) is 0.631. The minimum absolute atomic E-state index is 0.359. The van der Waals surface area contributed by atoms with Crippen molar-refractivity contribution in [1.29, 1.82) is 0 Å².